The van der Waals surface area contributed by atoms with E-state index in [0.717, 1.165) is 84.9 Å². The fourth-order valence-corrected chi connectivity index (χ4v) is 16.2. The van der Waals surface area contributed by atoms with Crippen molar-refractivity contribution in [1.82, 2.24) is 0 Å². The van der Waals surface area contributed by atoms with Crippen LogP contribution in [0.5, 0.6) is 0 Å². The van der Waals surface area contributed by atoms with E-state index >= 15 is 0 Å². The van der Waals surface area contributed by atoms with Crippen LogP contribution in [0.2, 0.25) is 0 Å². The molecule has 8 aliphatic rings. The largest absolute Gasteiger partial charge is 0.393 e. The van der Waals surface area contributed by atoms with Gasteiger partial charge in [-0.1, -0.05) is 104 Å². The average molecular weight is 715 g/mol. The van der Waals surface area contributed by atoms with Crippen LogP contribution in [0.4, 0.5) is 0 Å². The van der Waals surface area contributed by atoms with Crippen molar-refractivity contribution in [2.75, 3.05) is 0 Å². The first kappa shape index (κ1) is 39.4. The maximum absolute atomic E-state index is 10.2. The Morgan fingerprint density at radius 3 is 1.67 bits per heavy atom. The van der Waals surface area contributed by atoms with Gasteiger partial charge in [0.2, 0.25) is 0 Å². The van der Waals surface area contributed by atoms with Crippen LogP contribution in [0.1, 0.15) is 178 Å². The van der Waals surface area contributed by atoms with Gasteiger partial charge in [0.05, 0.1) is 12.2 Å². The highest BCUT2D eigenvalue weighted by atomic mass is 16.3. The Kier molecular flexibility index (Phi) is 11.3. The van der Waals surface area contributed by atoms with Crippen molar-refractivity contribution in [3.8, 4) is 0 Å². The molecule has 0 aromatic rings. The standard InChI is InChI=1S/C29H48O.C21H34O/c1-7-21(19(2)3)9-8-20(4)25-12-13-26-24-11-10-22-18-23(30)14-16-28(22,5)27(24)15-17-29(25,26)6;1-4-14-6-8-18-17-7-5-15-13-16(22)9-11-21(15,3)19(17)10-12-20(14,18)2/h8-10,19-21,23-27,30H,7,11-18H2,1-6H3;5,14,16-19,22H,4,6-13H2,1-3H3/b9-8+;/t20-,21-,23+,24+,25-,26+,27+,28+,29-;14-,16-,17-,18-,19-,20+,21-/m10/s1. The first-order valence-electron chi connectivity index (χ1n) is 23.1. The number of fused-ring (bicyclic) bond motifs is 10. The third-order valence-electron chi connectivity index (χ3n) is 19.5. The van der Waals surface area contributed by atoms with Gasteiger partial charge in [-0.05, 0) is 196 Å². The summed E-state index contributed by atoms with van der Waals surface area (Å²) in [5.41, 5.74) is 5.16. The Morgan fingerprint density at radius 2 is 1.15 bits per heavy atom. The van der Waals surface area contributed by atoms with E-state index in [9.17, 15) is 10.2 Å². The molecule has 0 spiro atoms. The van der Waals surface area contributed by atoms with Gasteiger partial charge < -0.3 is 10.2 Å². The first-order valence-corrected chi connectivity index (χ1v) is 23.1. The second-order valence-corrected chi connectivity index (χ2v) is 21.8. The molecule has 8 rings (SSSR count). The SMILES string of the molecule is CC[C@H](/C=C/[C@@H](C)[C@H]1CC[C@H]2[C@@H]3CC=C4C[C@@H](O)CC[C@]4(C)[C@H]3CC[C@]12C)C(C)C.CC[C@H]1CC[C@H]2[C@@H]3CC=C4C[C@@H](O)CC[C@]4(C)[C@H]3CC[C@]12C. The van der Waals surface area contributed by atoms with Crippen molar-refractivity contribution in [3.63, 3.8) is 0 Å². The summed E-state index contributed by atoms with van der Waals surface area (Å²) < 4.78 is 0. The Balaban J connectivity index is 0.000000169. The molecule has 0 bridgehead atoms. The molecule has 0 aromatic carbocycles. The normalized spacial score (nSPS) is 49.2. The molecule has 0 radical (unpaired) electrons. The van der Waals surface area contributed by atoms with Crippen LogP contribution in [-0.2, 0) is 0 Å². The van der Waals surface area contributed by atoms with E-state index in [4.69, 9.17) is 0 Å². The Labute approximate surface area is 321 Å². The highest BCUT2D eigenvalue weighted by Crippen LogP contribution is 2.68. The van der Waals surface area contributed by atoms with Crippen molar-refractivity contribution in [2.24, 2.45) is 86.8 Å². The van der Waals surface area contributed by atoms with E-state index in [1.54, 1.807) is 11.1 Å². The van der Waals surface area contributed by atoms with Crippen molar-refractivity contribution in [2.45, 2.75) is 190 Å². The maximum Gasteiger partial charge on any atom is 0.0577 e. The van der Waals surface area contributed by atoms with Crippen molar-refractivity contribution >= 4 is 0 Å². The Hall–Kier alpha value is -0.860. The summed E-state index contributed by atoms with van der Waals surface area (Å²) in [7, 11) is 0. The van der Waals surface area contributed by atoms with E-state index in [1.165, 1.54) is 89.9 Å². The first-order chi connectivity index (χ1) is 24.7. The molecular formula is C50H82O2. The predicted octanol–water partition coefficient (Wildman–Crippen LogP) is 13.1. The molecular weight excluding hydrogens is 633 g/mol. The van der Waals surface area contributed by atoms with Crippen molar-refractivity contribution < 1.29 is 10.2 Å². The van der Waals surface area contributed by atoms with Crippen LogP contribution in [0.25, 0.3) is 0 Å². The van der Waals surface area contributed by atoms with Gasteiger partial charge in [0.1, 0.15) is 0 Å². The number of allylic oxidation sites excluding steroid dienone is 4. The summed E-state index contributed by atoms with van der Waals surface area (Å²) in [5.74, 6) is 9.47. The lowest BCUT2D eigenvalue weighted by atomic mass is 9.47. The average Bonchev–Trinajstić information content (AvgIpc) is 3.65. The van der Waals surface area contributed by atoms with E-state index in [0.29, 0.717) is 27.6 Å². The molecule has 0 heterocycles. The zero-order chi connectivity index (χ0) is 37.2. The molecule has 16 atom stereocenters. The summed E-state index contributed by atoms with van der Waals surface area (Å²) in [6.07, 6.45) is 33.3. The number of aliphatic hydroxyl groups is 2. The molecule has 6 saturated carbocycles. The van der Waals surface area contributed by atoms with Gasteiger partial charge in [-0.25, -0.2) is 0 Å². The zero-order valence-corrected chi connectivity index (χ0v) is 35.4. The number of aliphatic hydroxyl groups excluding tert-OH is 2. The highest BCUT2D eigenvalue weighted by Gasteiger charge is 2.60. The molecule has 2 nitrogen and oxygen atoms in total. The van der Waals surface area contributed by atoms with Crippen LogP contribution in [0.15, 0.2) is 35.5 Å². The zero-order valence-electron chi connectivity index (χ0n) is 35.4. The van der Waals surface area contributed by atoms with E-state index in [1.807, 2.05) is 0 Å². The molecule has 8 aliphatic carbocycles. The minimum absolute atomic E-state index is 0.0688. The van der Waals surface area contributed by atoms with Gasteiger partial charge in [0.15, 0.2) is 0 Å². The second kappa shape index (κ2) is 14.9. The van der Waals surface area contributed by atoms with Gasteiger partial charge in [-0.15, -0.1) is 0 Å². The molecule has 6 fully saturated rings. The van der Waals surface area contributed by atoms with Crippen LogP contribution < -0.4 is 0 Å². The Bertz CT molecular complexity index is 1360. The Morgan fingerprint density at radius 1 is 0.635 bits per heavy atom. The van der Waals surface area contributed by atoms with E-state index in [-0.39, 0.29) is 12.2 Å². The molecule has 52 heavy (non-hydrogen) atoms. The third kappa shape index (κ3) is 6.52. The summed E-state index contributed by atoms with van der Waals surface area (Å²) in [6.45, 7) is 22.4. The number of hydrogen-bond donors (Lipinski definition) is 2. The lowest BCUT2D eigenvalue weighted by molar-refractivity contribution is -0.0540. The lowest BCUT2D eigenvalue weighted by Gasteiger charge is -2.58. The molecule has 0 aromatic heterocycles. The van der Waals surface area contributed by atoms with Gasteiger partial charge in [-0.2, -0.15) is 0 Å². The van der Waals surface area contributed by atoms with Crippen LogP contribution in [0, 0.1) is 86.8 Å². The quantitative estimate of drug-likeness (QED) is 0.269. The van der Waals surface area contributed by atoms with Crippen molar-refractivity contribution in [3.05, 3.63) is 35.5 Å². The number of rotatable bonds is 6. The molecule has 294 valence electrons. The maximum atomic E-state index is 10.2. The minimum Gasteiger partial charge on any atom is -0.393 e. The fourth-order valence-electron chi connectivity index (χ4n) is 16.2. The summed E-state index contributed by atoms with van der Waals surface area (Å²) in [4.78, 5) is 0. The van der Waals surface area contributed by atoms with Gasteiger partial charge >= 0.3 is 0 Å². The summed E-state index contributed by atoms with van der Waals surface area (Å²) >= 11 is 0. The van der Waals surface area contributed by atoms with Gasteiger partial charge in [0.25, 0.3) is 0 Å². The molecule has 0 unspecified atom stereocenters. The molecule has 2 N–H and O–H groups in total. The van der Waals surface area contributed by atoms with Crippen LogP contribution >= 0.6 is 0 Å². The van der Waals surface area contributed by atoms with Crippen LogP contribution in [0.3, 0.4) is 0 Å². The van der Waals surface area contributed by atoms with Gasteiger partial charge in [-0.3, -0.25) is 0 Å². The van der Waals surface area contributed by atoms with Crippen molar-refractivity contribution in [1.29, 1.82) is 0 Å². The smallest absolute Gasteiger partial charge is 0.0577 e. The lowest BCUT2D eigenvalue weighted by Crippen LogP contribution is -2.50. The van der Waals surface area contributed by atoms with Gasteiger partial charge in [0, 0.05) is 0 Å². The molecule has 0 saturated heterocycles. The topological polar surface area (TPSA) is 40.5 Å². The molecule has 2 heteroatoms. The molecule has 0 aliphatic heterocycles. The van der Waals surface area contributed by atoms with E-state index < -0.39 is 0 Å². The molecule has 0 amide bonds. The number of hydrogen-bond acceptors (Lipinski definition) is 2. The fraction of sp³-hybridized carbons (Fsp3) is 0.880. The van der Waals surface area contributed by atoms with Crippen LogP contribution in [-0.4, -0.2) is 22.4 Å². The summed E-state index contributed by atoms with van der Waals surface area (Å²) in [6, 6.07) is 0. The summed E-state index contributed by atoms with van der Waals surface area (Å²) in [5, 5.41) is 20.3. The second-order valence-electron chi connectivity index (χ2n) is 21.8. The predicted molar refractivity (Wildman–Crippen MR) is 220 cm³/mol. The van der Waals surface area contributed by atoms with E-state index in [2.05, 4.69) is 86.6 Å². The third-order valence-corrected chi connectivity index (χ3v) is 19.5. The monoisotopic (exact) mass is 715 g/mol. The highest BCUT2D eigenvalue weighted by molar-refractivity contribution is 5.27. The minimum atomic E-state index is -0.0870.